The lowest BCUT2D eigenvalue weighted by Crippen LogP contribution is -2.31. The zero-order valence-electron chi connectivity index (χ0n) is 81.9. The molecule has 1 saturated carbocycles. The topological polar surface area (TPSA) is 536 Å². The molecular formula is C107H96Cl5N35O3. The molecule has 38 nitrogen and oxygen atoms in total. The van der Waals surface area contributed by atoms with E-state index in [1.807, 2.05) is 214 Å². The molecule has 0 aliphatic heterocycles. The number of hydrogen-bond acceptors (Lipinski definition) is 28. The molecule has 22 rings (SSSR count). The second-order valence-electron chi connectivity index (χ2n) is 36.1. The van der Waals surface area contributed by atoms with E-state index in [1.54, 1.807) is 82.9 Å². The van der Waals surface area contributed by atoms with Crippen LogP contribution in [0.25, 0.3) is 167 Å². The average Bonchev–Trinajstić information content (AvgIpc) is 1.37. The number of halogens is 5. The molecule has 0 spiro atoms. The zero-order chi connectivity index (χ0) is 105. The largest absolute Gasteiger partial charge is 0.384 e. The second kappa shape index (κ2) is 45.8. The molecule has 752 valence electrons. The number of aromatic nitrogens is 25. The quantitative estimate of drug-likeness (QED) is 0.0213. The van der Waals surface area contributed by atoms with E-state index in [-0.39, 0.29) is 45.5 Å². The Hall–Kier alpha value is -17.8. The van der Waals surface area contributed by atoms with E-state index < -0.39 is 0 Å². The SMILES string of the molecule is CC(C)(C)Nc1nc(-c2ccccc2)c(-c2cc(Cl)c3[nH]ncc3c2)[nH]c1=O.CC(C)Nc1nc(-c2ccccc2)c(-c2cc(Cl)c3[nH]ncc3c2)[nH]c1=O.CCNc1nc(-c2ccccc2)c(-c2cc(Cl)c3[nH]ncc3c2)[nH]c1=O.Cn1ccc(-c2nc(NCCCNC3CC3)c(C#N)nc2-c2cc(Cl)c3[nH]ncc3c2)n1.Cn1ccc(-c2nc(NCCCNc3ccc(C#N)nc3)c(C#N)nc2-c2cc(Cl)c3[nH]ncc3c2)n1. The van der Waals surface area contributed by atoms with Crippen molar-refractivity contribution in [3.63, 3.8) is 0 Å². The highest BCUT2D eigenvalue weighted by atomic mass is 35.5. The third kappa shape index (κ3) is 23.9. The fourth-order valence-corrected chi connectivity index (χ4v) is 17.7. The molecule has 0 saturated heterocycles. The van der Waals surface area contributed by atoms with Crippen molar-refractivity contribution in [1.82, 2.24) is 131 Å². The Balaban J connectivity index is 0.000000123. The van der Waals surface area contributed by atoms with Gasteiger partial charge in [-0.3, -0.25) is 49.2 Å². The van der Waals surface area contributed by atoms with Crippen LogP contribution in [0.2, 0.25) is 25.1 Å². The molecule has 1 fully saturated rings. The maximum Gasteiger partial charge on any atom is 0.291 e. The molecular weight excluding hydrogens is 2000 g/mol. The molecule has 8 aromatic carbocycles. The summed E-state index contributed by atoms with van der Waals surface area (Å²) in [6.45, 7) is 15.2. The summed E-state index contributed by atoms with van der Waals surface area (Å²) in [5.74, 6) is 1.71. The van der Waals surface area contributed by atoms with Crippen molar-refractivity contribution >= 4 is 147 Å². The minimum absolute atomic E-state index is 0.0878. The van der Waals surface area contributed by atoms with Crippen LogP contribution in [0.15, 0.2) is 240 Å². The van der Waals surface area contributed by atoms with Crippen molar-refractivity contribution < 1.29 is 0 Å². The van der Waals surface area contributed by atoms with E-state index in [4.69, 9.17) is 73.2 Å². The number of hydrogen-bond donors (Lipinski definition) is 15. The fourth-order valence-electron chi connectivity index (χ4n) is 16.4. The van der Waals surface area contributed by atoms with Crippen molar-refractivity contribution in [2.45, 2.75) is 84.8 Å². The van der Waals surface area contributed by atoms with E-state index in [0.717, 1.165) is 119 Å². The van der Waals surface area contributed by atoms with Gasteiger partial charge in [0, 0.05) is 142 Å². The van der Waals surface area contributed by atoms with Crippen molar-refractivity contribution in [3.8, 4) is 131 Å². The number of anilines is 6. The van der Waals surface area contributed by atoms with Gasteiger partial charge in [-0.05, 0) is 159 Å². The summed E-state index contributed by atoms with van der Waals surface area (Å²) in [7, 11) is 3.67. The molecule has 1 aliphatic carbocycles. The monoisotopic (exact) mass is 2090 g/mol. The summed E-state index contributed by atoms with van der Waals surface area (Å²) in [6.07, 6.45) is 18.0. The van der Waals surface area contributed by atoms with Crippen LogP contribution in [0.4, 0.5) is 34.8 Å². The number of nitriles is 3. The van der Waals surface area contributed by atoms with Crippen molar-refractivity contribution in [1.29, 1.82) is 15.8 Å². The van der Waals surface area contributed by atoms with E-state index in [9.17, 15) is 24.9 Å². The number of rotatable bonds is 27. The number of benzene rings is 8. The number of pyridine rings is 1. The number of aryl methyl sites for hydroxylation is 2. The normalized spacial score (nSPS) is 11.6. The number of H-pyrrole nitrogens is 8. The highest BCUT2D eigenvalue weighted by Crippen LogP contribution is 2.42. The smallest absolute Gasteiger partial charge is 0.291 e. The molecule has 21 aromatic rings. The third-order valence-corrected chi connectivity index (χ3v) is 25.0. The lowest BCUT2D eigenvalue weighted by molar-refractivity contribution is 0.628. The van der Waals surface area contributed by atoms with Gasteiger partial charge in [0.15, 0.2) is 40.5 Å². The molecule has 43 heteroatoms. The van der Waals surface area contributed by atoms with Gasteiger partial charge in [0.2, 0.25) is 0 Å². The van der Waals surface area contributed by atoms with Gasteiger partial charge in [0.1, 0.15) is 58.1 Å². The molecule has 0 atom stereocenters. The summed E-state index contributed by atoms with van der Waals surface area (Å²) in [6, 6.07) is 62.1. The highest BCUT2D eigenvalue weighted by Gasteiger charge is 2.28. The first-order chi connectivity index (χ1) is 72.7. The van der Waals surface area contributed by atoms with Crippen LogP contribution in [-0.4, -0.2) is 176 Å². The Morgan fingerprint density at radius 3 is 1.11 bits per heavy atom. The third-order valence-electron chi connectivity index (χ3n) is 23.5. The molecule has 150 heavy (non-hydrogen) atoms. The van der Waals surface area contributed by atoms with Crippen LogP contribution < -0.4 is 53.9 Å². The lowest BCUT2D eigenvalue weighted by atomic mass is 10.0. The molecule has 15 N–H and O–H groups in total. The van der Waals surface area contributed by atoms with Gasteiger partial charge < -0.3 is 52.2 Å². The predicted molar refractivity (Wildman–Crippen MR) is 590 cm³/mol. The number of aromatic amines is 8. The summed E-state index contributed by atoms with van der Waals surface area (Å²) >= 11 is 32.1. The minimum Gasteiger partial charge on any atom is -0.384 e. The van der Waals surface area contributed by atoms with Crippen LogP contribution in [0.1, 0.15) is 84.3 Å². The number of nitrogens with one attached hydrogen (secondary N) is 15. The van der Waals surface area contributed by atoms with E-state index in [0.29, 0.717) is 160 Å². The van der Waals surface area contributed by atoms with Gasteiger partial charge in [0.05, 0.1) is 130 Å². The molecule has 13 heterocycles. The van der Waals surface area contributed by atoms with E-state index in [1.165, 1.54) is 12.8 Å². The van der Waals surface area contributed by atoms with Crippen molar-refractivity contribution in [2.75, 3.05) is 64.6 Å². The first kappa shape index (κ1) is 102. The van der Waals surface area contributed by atoms with Gasteiger partial charge in [-0.15, -0.1) is 0 Å². The molecule has 0 bridgehead atoms. The molecule has 0 unspecified atom stereocenters. The maximum absolute atomic E-state index is 12.7. The number of nitrogens with zero attached hydrogens (tertiary/aromatic N) is 20. The van der Waals surface area contributed by atoms with Gasteiger partial charge in [-0.2, -0.15) is 51.5 Å². The summed E-state index contributed by atoms with van der Waals surface area (Å²) < 4.78 is 3.39. The predicted octanol–water partition coefficient (Wildman–Crippen LogP) is 21.0. The van der Waals surface area contributed by atoms with Gasteiger partial charge in [-0.25, -0.2) is 39.9 Å². The molecule has 1 aliphatic rings. The summed E-state index contributed by atoms with van der Waals surface area (Å²) in [5, 5.41) is 102. The lowest BCUT2D eigenvalue weighted by Gasteiger charge is -2.21. The molecule has 0 radical (unpaired) electrons. The van der Waals surface area contributed by atoms with Crippen LogP contribution in [0.5, 0.6) is 0 Å². The van der Waals surface area contributed by atoms with Gasteiger partial charge in [0.25, 0.3) is 16.7 Å². The standard InChI is InChI=1S/C25H20ClN11.C22H22ClN9.C21H20ClN5O.C20H18ClN5O.C19H16ClN5O/c1-37-8-5-20(36-37)24-23(15-9-16-13-32-35-22(16)19(26)10-15)33-21(12-28)25(34-24)30-7-2-6-29-18-4-3-17(11-27)31-14-18;1-32-8-5-17(31-32)21-20(13-9-14-12-27-30-19(14)16(23)10-13)28-18(11-24)22(29-21)26-7-2-6-25-15-3-4-15;1-21(2,3)26-19-20(28)25-18(17(24-19)12-7-5-4-6-8-12)13-9-14-11-23-27-16(14)15(22)10-13;1-11(2)23-19-20(27)25-18(17(24-19)12-6-4-3-5-7-12)13-8-14-10-22-26-16(14)15(21)9-13;1-2-21-18-19(26)24-17(16(23-18)11-6-4-3-5-7-11)12-8-13-10-22-25-15(13)14(20)9-12/h3-5,8-10,13-14,29H,2,6-7H2,1H3,(H,30,34)(H,32,35);5,8-10,12,15,25H,2-4,6-7H2,1H3,(H,26,29)(H,27,30);4-11H,1-3H3,(H,23,27)(H,24,26)(H,25,28);3-11H,1-2H3,(H,22,26)(H,23,24)(H,25,27);3-10H,2H2,1H3,(H,21,23)(H,22,25)(H,24,26). The summed E-state index contributed by atoms with van der Waals surface area (Å²) in [4.78, 5) is 83.6. The Bertz CT molecular complexity index is 8820. The highest BCUT2D eigenvalue weighted by molar-refractivity contribution is 6.37. The van der Waals surface area contributed by atoms with Crippen molar-refractivity contribution in [3.05, 3.63) is 299 Å². The first-order valence-electron chi connectivity index (χ1n) is 47.7. The summed E-state index contributed by atoms with van der Waals surface area (Å²) in [5.41, 5.74) is 18.0. The minimum atomic E-state index is -0.297. The second-order valence-corrected chi connectivity index (χ2v) is 38.2. The maximum atomic E-state index is 12.7. The Morgan fingerprint density at radius 2 is 0.753 bits per heavy atom. The Kier molecular flexibility index (Phi) is 31.2. The fraction of sp³-hybridized carbons (Fsp3) is 0.187. The van der Waals surface area contributed by atoms with Crippen LogP contribution >= 0.6 is 58.0 Å². The molecule has 0 amide bonds. The van der Waals surface area contributed by atoms with E-state index in [2.05, 4.69) is 155 Å². The Labute approximate surface area is 881 Å². The Morgan fingerprint density at radius 1 is 0.393 bits per heavy atom. The van der Waals surface area contributed by atoms with Crippen LogP contribution in [0.3, 0.4) is 0 Å². The average molecular weight is 2100 g/mol. The van der Waals surface area contributed by atoms with Crippen molar-refractivity contribution in [2.24, 2.45) is 14.1 Å². The van der Waals surface area contributed by atoms with Crippen LogP contribution in [-0.2, 0) is 14.1 Å². The number of fused-ring (bicyclic) bond motifs is 5. The van der Waals surface area contributed by atoms with Gasteiger partial charge >= 0.3 is 0 Å². The van der Waals surface area contributed by atoms with E-state index >= 15 is 0 Å². The van der Waals surface area contributed by atoms with Crippen LogP contribution in [0, 0.1) is 34.0 Å². The molecule has 13 aromatic heterocycles. The zero-order valence-corrected chi connectivity index (χ0v) is 85.7. The van der Waals surface area contributed by atoms with Gasteiger partial charge in [-0.1, -0.05) is 149 Å². The first-order valence-corrected chi connectivity index (χ1v) is 49.6.